The first kappa shape index (κ1) is 32.2. The van der Waals surface area contributed by atoms with Crippen molar-refractivity contribution in [3.63, 3.8) is 0 Å². The number of likely N-dealkylation sites (tertiary alicyclic amines) is 1. The standard InChI is InChI=1S/C35H28BrCl3N2O6/c1-18-7-8-20(13-26(18)37)41-30(43)24-12-11-22-25(28(24)31(41)44)15-34(38)32(45)40(17-36)33(46)35(34,39)29(22)23-10-9-21(14-27(23)42)47-16-19-5-3-2-4-6-19/h2-11,13-14,24-25,28-29,42H,12,15-17H2,1H3/t24-,25+,28-,29+,34+,35-/m0/s1. The summed E-state index contributed by atoms with van der Waals surface area (Å²) < 4.78 is 5.91. The summed E-state index contributed by atoms with van der Waals surface area (Å²) in [6, 6.07) is 19.2. The molecule has 1 N–H and O–H groups in total. The fourth-order valence-electron chi connectivity index (χ4n) is 7.67. The number of rotatable bonds is 6. The second-order valence-corrected chi connectivity index (χ2v) is 14.6. The number of aromatic hydroxyl groups is 1. The molecule has 4 aliphatic rings. The second kappa shape index (κ2) is 11.7. The molecule has 7 rings (SSSR count). The van der Waals surface area contributed by atoms with Gasteiger partial charge in [0.2, 0.25) is 11.8 Å². The molecule has 8 nitrogen and oxygen atoms in total. The lowest BCUT2D eigenvalue weighted by molar-refractivity contribution is -0.138. The molecule has 0 unspecified atom stereocenters. The molecule has 0 aromatic heterocycles. The van der Waals surface area contributed by atoms with Crippen LogP contribution in [0, 0.1) is 24.7 Å². The van der Waals surface area contributed by atoms with Crippen LogP contribution in [-0.2, 0) is 25.8 Å². The predicted octanol–water partition coefficient (Wildman–Crippen LogP) is 6.85. The largest absolute Gasteiger partial charge is 0.508 e. The van der Waals surface area contributed by atoms with Crippen molar-refractivity contribution >= 4 is 80.0 Å². The van der Waals surface area contributed by atoms with Crippen LogP contribution in [0.2, 0.25) is 5.02 Å². The molecule has 0 radical (unpaired) electrons. The van der Waals surface area contributed by atoms with Crippen LogP contribution in [0.3, 0.4) is 0 Å². The molecular weight excluding hydrogens is 731 g/mol. The van der Waals surface area contributed by atoms with Crippen LogP contribution >= 0.6 is 50.7 Å². The zero-order valence-electron chi connectivity index (χ0n) is 25.0. The molecule has 47 heavy (non-hydrogen) atoms. The molecule has 2 heterocycles. The number of amides is 4. The average molecular weight is 759 g/mol. The highest BCUT2D eigenvalue weighted by Gasteiger charge is 2.76. The Morgan fingerprint density at radius 2 is 1.70 bits per heavy atom. The van der Waals surface area contributed by atoms with Crippen LogP contribution in [0.25, 0.3) is 0 Å². The molecule has 2 aliphatic heterocycles. The molecule has 3 fully saturated rings. The Morgan fingerprint density at radius 3 is 2.38 bits per heavy atom. The number of hydrogen-bond acceptors (Lipinski definition) is 6. The summed E-state index contributed by atoms with van der Waals surface area (Å²) in [5.74, 6) is -5.51. The molecule has 2 aliphatic carbocycles. The maximum atomic E-state index is 14.2. The Bertz CT molecular complexity index is 1890. The third kappa shape index (κ3) is 4.68. The predicted molar refractivity (Wildman–Crippen MR) is 181 cm³/mol. The Morgan fingerprint density at radius 1 is 0.957 bits per heavy atom. The third-order valence-electron chi connectivity index (χ3n) is 9.99. The molecule has 6 atom stereocenters. The van der Waals surface area contributed by atoms with Crippen molar-refractivity contribution < 1.29 is 29.0 Å². The van der Waals surface area contributed by atoms with Crippen molar-refractivity contribution in [2.75, 3.05) is 10.4 Å². The van der Waals surface area contributed by atoms with Gasteiger partial charge < -0.3 is 9.84 Å². The van der Waals surface area contributed by atoms with E-state index in [-0.39, 0.29) is 42.1 Å². The minimum Gasteiger partial charge on any atom is -0.508 e. The fourth-order valence-corrected chi connectivity index (χ4v) is 9.26. The van der Waals surface area contributed by atoms with E-state index in [1.165, 1.54) is 6.07 Å². The van der Waals surface area contributed by atoms with E-state index in [4.69, 9.17) is 39.5 Å². The molecular formula is C35H28BrCl3N2O6. The molecule has 2 saturated heterocycles. The number of anilines is 1. The molecule has 1 saturated carbocycles. The van der Waals surface area contributed by atoms with E-state index < -0.39 is 51.1 Å². The number of aryl methyl sites for hydroxylation is 1. The van der Waals surface area contributed by atoms with Gasteiger partial charge in [0.05, 0.1) is 23.0 Å². The molecule has 12 heteroatoms. The SMILES string of the molecule is Cc1ccc(N2C(=O)[C@H]3[C@H](CC=C4[C@H]3C[C@@]3(Cl)C(=O)N(CBr)C(=O)[C@@]3(Cl)[C@H]4c3ccc(OCc4ccccc4)cc3O)C2=O)cc1Cl. The summed E-state index contributed by atoms with van der Waals surface area (Å²) in [7, 11) is 0. The minimum atomic E-state index is -2.03. The van der Waals surface area contributed by atoms with E-state index in [0.717, 1.165) is 20.9 Å². The lowest BCUT2D eigenvalue weighted by Gasteiger charge is -2.50. The van der Waals surface area contributed by atoms with Crippen LogP contribution in [0.4, 0.5) is 5.69 Å². The number of benzene rings is 3. The topological polar surface area (TPSA) is 104 Å². The first-order chi connectivity index (χ1) is 22.4. The fraction of sp³-hybridized carbons (Fsp3) is 0.314. The second-order valence-electron chi connectivity index (χ2n) is 12.4. The van der Waals surface area contributed by atoms with E-state index in [1.807, 2.05) is 43.3 Å². The zero-order valence-corrected chi connectivity index (χ0v) is 28.8. The van der Waals surface area contributed by atoms with Crippen LogP contribution in [0.1, 0.15) is 35.4 Å². The van der Waals surface area contributed by atoms with Crippen LogP contribution < -0.4 is 9.64 Å². The van der Waals surface area contributed by atoms with Gasteiger partial charge in [-0.15, -0.1) is 23.2 Å². The van der Waals surface area contributed by atoms with Crippen molar-refractivity contribution in [2.24, 2.45) is 17.8 Å². The number of nitrogens with zero attached hydrogens (tertiary/aromatic N) is 2. The van der Waals surface area contributed by atoms with Gasteiger partial charge in [0.1, 0.15) is 18.1 Å². The minimum absolute atomic E-state index is 0.145. The molecule has 3 aromatic carbocycles. The number of ether oxygens (including phenoxy) is 1. The number of carbonyl (C=O) groups excluding carboxylic acids is 4. The smallest absolute Gasteiger partial charge is 0.254 e. The monoisotopic (exact) mass is 756 g/mol. The van der Waals surface area contributed by atoms with E-state index in [0.29, 0.717) is 22.0 Å². The molecule has 242 valence electrons. The van der Waals surface area contributed by atoms with Gasteiger partial charge in [0.15, 0.2) is 9.75 Å². The average Bonchev–Trinajstić information content (AvgIpc) is 3.39. The molecule has 0 bridgehead atoms. The lowest BCUT2D eigenvalue weighted by Crippen LogP contribution is -2.60. The Balaban J connectivity index is 1.31. The molecule has 4 amide bonds. The first-order valence-corrected chi connectivity index (χ1v) is 17.3. The van der Waals surface area contributed by atoms with Gasteiger partial charge in [0.25, 0.3) is 11.8 Å². The summed E-state index contributed by atoms with van der Waals surface area (Å²) >= 11 is 24.2. The number of halogens is 4. The van der Waals surface area contributed by atoms with E-state index >= 15 is 0 Å². The summed E-state index contributed by atoms with van der Waals surface area (Å²) in [4.78, 5) is 54.0. The van der Waals surface area contributed by atoms with Crippen molar-refractivity contribution in [1.29, 1.82) is 0 Å². The molecule has 0 spiro atoms. The highest BCUT2D eigenvalue weighted by molar-refractivity contribution is 9.09. The highest BCUT2D eigenvalue weighted by atomic mass is 79.9. The van der Waals surface area contributed by atoms with Crippen LogP contribution in [0.15, 0.2) is 78.4 Å². The van der Waals surface area contributed by atoms with Gasteiger partial charge in [-0.05, 0) is 55.0 Å². The van der Waals surface area contributed by atoms with Gasteiger partial charge in [0, 0.05) is 22.6 Å². The van der Waals surface area contributed by atoms with Gasteiger partial charge >= 0.3 is 0 Å². The Labute approximate surface area is 294 Å². The number of carbonyl (C=O) groups is 4. The van der Waals surface area contributed by atoms with Crippen LogP contribution in [0.5, 0.6) is 11.5 Å². The zero-order chi connectivity index (χ0) is 33.4. The highest BCUT2D eigenvalue weighted by Crippen LogP contribution is 2.66. The van der Waals surface area contributed by atoms with Gasteiger partial charge in [-0.3, -0.25) is 24.1 Å². The maximum absolute atomic E-state index is 14.2. The van der Waals surface area contributed by atoms with E-state index in [9.17, 15) is 24.3 Å². The van der Waals surface area contributed by atoms with Gasteiger partial charge in [-0.2, -0.15) is 0 Å². The maximum Gasteiger partial charge on any atom is 0.254 e. The summed E-state index contributed by atoms with van der Waals surface area (Å²) in [5.41, 5.74) is 2.77. The summed E-state index contributed by atoms with van der Waals surface area (Å²) in [5, 5.41) is 11.9. The number of hydrogen-bond donors (Lipinski definition) is 1. The number of phenols is 1. The Hall–Kier alpha value is -3.37. The summed E-state index contributed by atoms with van der Waals surface area (Å²) in [6.45, 7) is 2.08. The van der Waals surface area contributed by atoms with E-state index in [2.05, 4.69) is 15.9 Å². The van der Waals surface area contributed by atoms with Crippen molar-refractivity contribution in [1.82, 2.24) is 4.90 Å². The quantitative estimate of drug-likeness (QED) is 0.128. The normalized spacial score (nSPS) is 29.9. The van der Waals surface area contributed by atoms with Crippen molar-refractivity contribution in [3.05, 3.63) is 100 Å². The number of imide groups is 2. The van der Waals surface area contributed by atoms with Crippen molar-refractivity contribution in [2.45, 2.75) is 42.0 Å². The number of phenolic OH excluding ortho intramolecular Hbond substituents is 1. The van der Waals surface area contributed by atoms with Crippen molar-refractivity contribution in [3.8, 4) is 11.5 Å². The third-order valence-corrected chi connectivity index (χ3v) is 12.3. The van der Waals surface area contributed by atoms with Gasteiger partial charge in [-0.1, -0.05) is 81.6 Å². The van der Waals surface area contributed by atoms with Crippen LogP contribution in [-0.4, -0.2) is 48.8 Å². The lowest BCUT2D eigenvalue weighted by atomic mass is 9.56. The summed E-state index contributed by atoms with van der Waals surface area (Å²) in [6.07, 6.45) is 1.86. The number of alkyl halides is 3. The number of fused-ring (bicyclic) bond motifs is 4. The molecule has 3 aromatic rings. The first-order valence-electron chi connectivity index (χ1n) is 15.1. The van der Waals surface area contributed by atoms with E-state index in [1.54, 1.807) is 30.3 Å². The Kier molecular flexibility index (Phi) is 7.98. The van der Waals surface area contributed by atoms with Gasteiger partial charge in [-0.25, -0.2) is 4.90 Å². The number of allylic oxidation sites excluding steroid dienone is 2.